The fraction of sp³-hybridized carbons (Fsp3) is 0.312. The predicted molar refractivity (Wildman–Crippen MR) is 87.1 cm³/mol. The van der Waals surface area contributed by atoms with Gasteiger partial charge in [0, 0.05) is 29.6 Å². The summed E-state index contributed by atoms with van der Waals surface area (Å²) in [5.74, 6) is -0.239. The number of aryl methyl sites for hydroxylation is 1. The van der Waals surface area contributed by atoms with E-state index in [9.17, 15) is 14.4 Å². The second-order valence-electron chi connectivity index (χ2n) is 5.49. The van der Waals surface area contributed by atoms with Gasteiger partial charge in [-0.25, -0.2) is 4.79 Å². The van der Waals surface area contributed by atoms with Crippen molar-refractivity contribution in [3.05, 3.63) is 56.1 Å². The summed E-state index contributed by atoms with van der Waals surface area (Å²) in [7, 11) is 0. The van der Waals surface area contributed by atoms with Gasteiger partial charge < -0.3 is 9.88 Å². The Balaban J connectivity index is 1.78. The second-order valence-corrected chi connectivity index (χ2v) is 6.49. The number of amides is 3. The topological polar surface area (TPSA) is 73.5 Å². The lowest BCUT2D eigenvalue weighted by atomic mass is 10.2. The molecule has 1 saturated heterocycles. The zero-order chi connectivity index (χ0) is 16.4. The zero-order valence-corrected chi connectivity index (χ0v) is 13.6. The number of hydrogen-bond acceptors (Lipinski definition) is 4. The molecule has 1 aliphatic rings. The number of imide groups is 1. The van der Waals surface area contributed by atoms with Crippen molar-refractivity contribution in [3.8, 4) is 0 Å². The number of pyridine rings is 1. The molecule has 3 heterocycles. The van der Waals surface area contributed by atoms with Gasteiger partial charge in [-0.05, 0) is 30.0 Å². The summed E-state index contributed by atoms with van der Waals surface area (Å²) >= 11 is 1.60. The largest absolute Gasteiger partial charge is 0.329 e. The van der Waals surface area contributed by atoms with Crippen LogP contribution in [0.5, 0.6) is 0 Å². The monoisotopic (exact) mass is 331 g/mol. The standard InChI is InChI=1S/C16H17N3O3S/c1-11-5-8-23-13(11)10-18-7-4-14(20)19(16(18)22)9-12-3-2-6-17-15(12)21/h2-3,5-6,8H,4,7,9-10H2,1H3,(H,17,21). The third-order valence-corrected chi connectivity index (χ3v) is 4.94. The van der Waals surface area contributed by atoms with E-state index in [2.05, 4.69) is 4.98 Å². The van der Waals surface area contributed by atoms with Gasteiger partial charge in [0.05, 0.1) is 13.1 Å². The van der Waals surface area contributed by atoms with Crippen LogP contribution in [0, 0.1) is 6.92 Å². The number of carbonyl (C=O) groups is 2. The molecule has 0 spiro atoms. The maximum absolute atomic E-state index is 12.6. The molecular weight excluding hydrogens is 314 g/mol. The van der Waals surface area contributed by atoms with E-state index in [1.165, 1.54) is 6.20 Å². The Labute approximate surface area is 137 Å². The fourth-order valence-corrected chi connectivity index (χ4v) is 3.45. The molecule has 6 nitrogen and oxygen atoms in total. The van der Waals surface area contributed by atoms with Gasteiger partial charge in [0.25, 0.3) is 5.56 Å². The average Bonchev–Trinajstić information content (AvgIpc) is 2.93. The molecule has 1 N–H and O–H groups in total. The van der Waals surface area contributed by atoms with E-state index in [0.29, 0.717) is 18.7 Å². The summed E-state index contributed by atoms with van der Waals surface area (Å²) in [5.41, 5.74) is 1.27. The number of nitrogens with one attached hydrogen (secondary N) is 1. The summed E-state index contributed by atoms with van der Waals surface area (Å²) in [6.07, 6.45) is 1.80. The van der Waals surface area contributed by atoms with Crippen molar-refractivity contribution in [1.82, 2.24) is 14.8 Å². The minimum atomic E-state index is -0.336. The highest BCUT2D eigenvalue weighted by Crippen LogP contribution is 2.21. The predicted octanol–water partition coefficient (Wildman–Crippen LogP) is 2.10. The number of H-pyrrole nitrogens is 1. The van der Waals surface area contributed by atoms with Crippen molar-refractivity contribution in [2.45, 2.75) is 26.4 Å². The minimum Gasteiger partial charge on any atom is -0.329 e. The van der Waals surface area contributed by atoms with E-state index >= 15 is 0 Å². The van der Waals surface area contributed by atoms with Crippen LogP contribution in [0.15, 0.2) is 34.6 Å². The highest BCUT2D eigenvalue weighted by molar-refractivity contribution is 7.10. The van der Waals surface area contributed by atoms with Crippen LogP contribution in [0.4, 0.5) is 4.79 Å². The molecule has 2 aromatic heterocycles. The smallest absolute Gasteiger partial charge is 0.327 e. The molecule has 0 aromatic carbocycles. The molecule has 23 heavy (non-hydrogen) atoms. The first kappa shape index (κ1) is 15.5. The summed E-state index contributed by atoms with van der Waals surface area (Å²) in [6.45, 7) is 2.92. The van der Waals surface area contributed by atoms with Crippen molar-refractivity contribution in [2.24, 2.45) is 0 Å². The van der Waals surface area contributed by atoms with Crippen LogP contribution >= 0.6 is 11.3 Å². The van der Waals surface area contributed by atoms with Crippen molar-refractivity contribution in [2.75, 3.05) is 6.54 Å². The molecule has 0 bridgehead atoms. The van der Waals surface area contributed by atoms with Gasteiger partial charge in [-0.1, -0.05) is 6.07 Å². The van der Waals surface area contributed by atoms with Gasteiger partial charge in [0.1, 0.15) is 0 Å². The minimum absolute atomic E-state index is 0.00770. The molecule has 0 aliphatic carbocycles. The molecule has 3 amide bonds. The third-order valence-electron chi connectivity index (χ3n) is 3.93. The number of urea groups is 1. The molecule has 2 aromatic rings. The van der Waals surface area contributed by atoms with Gasteiger partial charge in [0.2, 0.25) is 5.91 Å². The van der Waals surface area contributed by atoms with Gasteiger partial charge in [0.15, 0.2) is 0 Å². The van der Waals surface area contributed by atoms with Gasteiger partial charge in [-0.15, -0.1) is 11.3 Å². The molecule has 0 radical (unpaired) electrons. The normalized spacial score (nSPS) is 15.3. The van der Waals surface area contributed by atoms with Crippen LogP contribution in [0.25, 0.3) is 0 Å². The molecule has 0 unspecified atom stereocenters. The average molecular weight is 331 g/mol. The summed E-state index contributed by atoms with van der Waals surface area (Å²) in [5, 5.41) is 1.99. The Morgan fingerprint density at radius 2 is 2.04 bits per heavy atom. The maximum Gasteiger partial charge on any atom is 0.327 e. The molecule has 1 aliphatic heterocycles. The Kier molecular flexibility index (Phi) is 4.29. The van der Waals surface area contributed by atoms with Crippen LogP contribution in [-0.4, -0.2) is 33.3 Å². The molecule has 0 atom stereocenters. The SMILES string of the molecule is Cc1ccsc1CN1CCC(=O)N(Cc2ccc[nH]c2=O)C1=O. The molecule has 1 fully saturated rings. The van der Waals surface area contributed by atoms with Crippen molar-refractivity contribution < 1.29 is 9.59 Å². The first-order chi connectivity index (χ1) is 11.1. The first-order valence-corrected chi connectivity index (χ1v) is 8.23. The highest BCUT2D eigenvalue weighted by atomic mass is 32.1. The maximum atomic E-state index is 12.6. The number of aromatic nitrogens is 1. The summed E-state index contributed by atoms with van der Waals surface area (Å²) in [6, 6.07) is 4.99. The highest BCUT2D eigenvalue weighted by Gasteiger charge is 2.32. The van der Waals surface area contributed by atoms with E-state index in [0.717, 1.165) is 15.3 Å². The Morgan fingerprint density at radius 1 is 1.22 bits per heavy atom. The number of carbonyl (C=O) groups excluding carboxylic acids is 2. The van der Waals surface area contributed by atoms with E-state index in [1.807, 2.05) is 18.4 Å². The second kappa shape index (κ2) is 6.37. The van der Waals surface area contributed by atoms with E-state index < -0.39 is 0 Å². The van der Waals surface area contributed by atoms with E-state index in [1.54, 1.807) is 28.4 Å². The van der Waals surface area contributed by atoms with Crippen LogP contribution in [0.1, 0.15) is 22.4 Å². The molecule has 120 valence electrons. The van der Waals surface area contributed by atoms with Gasteiger partial charge in [-0.2, -0.15) is 0 Å². The van der Waals surface area contributed by atoms with Crippen LogP contribution in [0.2, 0.25) is 0 Å². The molecule has 0 saturated carbocycles. The van der Waals surface area contributed by atoms with Crippen molar-refractivity contribution >= 4 is 23.3 Å². The number of aromatic amines is 1. The lowest BCUT2D eigenvalue weighted by Crippen LogP contribution is -2.51. The number of rotatable bonds is 4. The Bertz CT molecular complexity index is 796. The zero-order valence-electron chi connectivity index (χ0n) is 12.7. The lowest BCUT2D eigenvalue weighted by Gasteiger charge is -2.34. The Morgan fingerprint density at radius 3 is 2.74 bits per heavy atom. The van der Waals surface area contributed by atoms with Gasteiger partial charge in [-0.3, -0.25) is 14.5 Å². The summed E-state index contributed by atoms with van der Waals surface area (Å²) in [4.78, 5) is 43.0. The van der Waals surface area contributed by atoms with E-state index in [-0.39, 0.29) is 30.5 Å². The number of thiophene rings is 1. The van der Waals surface area contributed by atoms with Crippen LogP contribution < -0.4 is 5.56 Å². The van der Waals surface area contributed by atoms with E-state index in [4.69, 9.17) is 0 Å². The molecule has 3 rings (SSSR count). The molecule has 7 heteroatoms. The fourth-order valence-electron chi connectivity index (χ4n) is 2.53. The van der Waals surface area contributed by atoms with Crippen LogP contribution in [0.3, 0.4) is 0 Å². The van der Waals surface area contributed by atoms with Crippen molar-refractivity contribution in [3.63, 3.8) is 0 Å². The molecular formula is C16H17N3O3S. The Hall–Kier alpha value is -2.41. The quantitative estimate of drug-likeness (QED) is 0.932. The third kappa shape index (κ3) is 3.19. The van der Waals surface area contributed by atoms with Crippen LogP contribution in [-0.2, 0) is 17.9 Å². The van der Waals surface area contributed by atoms with Gasteiger partial charge >= 0.3 is 6.03 Å². The first-order valence-electron chi connectivity index (χ1n) is 7.35. The number of nitrogens with zero attached hydrogens (tertiary/aromatic N) is 2. The number of hydrogen-bond donors (Lipinski definition) is 1. The van der Waals surface area contributed by atoms with Crippen molar-refractivity contribution in [1.29, 1.82) is 0 Å². The lowest BCUT2D eigenvalue weighted by molar-refractivity contribution is -0.131. The summed E-state index contributed by atoms with van der Waals surface area (Å²) < 4.78 is 0.